The number of rotatable bonds is 30. The van der Waals surface area contributed by atoms with E-state index < -0.39 is 17.5 Å². The summed E-state index contributed by atoms with van der Waals surface area (Å²) in [5.41, 5.74) is 11.0. The van der Waals surface area contributed by atoms with Crippen LogP contribution in [0, 0.1) is 29.1 Å². The van der Waals surface area contributed by atoms with E-state index in [1.807, 2.05) is 126 Å². The molecule has 113 heavy (non-hydrogen) atoms. The molecule has 10 aromatic rings. The Bertz CT molecular complexity index is 4240. The Balaban J connectivity index is 0.000000193. The highest BCUT2D eigenvalue weighted by molar-refractivity contribution is 6.67. The number of alkyl halides is 2. The first kappa shape index (κ1) is 91.0. The molecule has 598 valence electrons. The Morgan fingerprint density at radius 3 is 1.33 bits per heavy atom. The van der Waals surface area contributed by atoms with Crippen LogP contribution in [0.3, 0.4) is 0 Å². The smallest absolute Gasteiger partial charge is 0.248 e. The highest BCUT2D eigenvalue weighted by atomic mass is 35.5. The van der Waals surface area contributed by atoms with E-state index in [2.05, 4.69) is 70.1 Å². The number of hydrogen-bond donors (Lipinski definition) is 4. The third-order valence-electron chi connectivity index (χ3n) is 18.2. The van der Waals surface area contributed by atoms with Gasteiger partial charge in [0.1, 0.15) is 41.6 Å². The largest absolute Gasteiger partial charge is 0.393 e. The number of nitrogens with one attached hydrogen (secondary N) is 2. The average molecular weight is 1600 g/mol. The number of nitrogens with zero attached hydrogens (tertiary/aromatic N) is 3. The van der Waals surface area contributed by atoms with Gasteiger partial charge in [0.2, 0.25) is 17.1 Å². The lowest BCUT2D eigenvalue weighted by atomic mass is 10.1. The number of hydrogen-bond acceptors (Lipinski definition) is 10. The second-order valence-corrected chi connectivity index (χ2v) is 28.2. The van der Waals surface area contributed by atoms with Gasteiger partial charge in [-0.15, -0.1) is 23.2 Å². The second kappa shape index (κ2) is 53.7. The van der Waals surface area contributed by atoms with Gasteiger partial charge in [-0.2, -0.15) is 0 Å². The summed E-state index contributed by atoms with van der Waals surface area (Å²) in [6.45, 7) is 9.45. The third kappa shape index (κ3) is 39.4. The first-order valence-electron chi connectivity index (χ1n) is 38.1. The second-order valence-electron chi connectivity index (χ2n) is 27.3. The minimum Gasteiger partial charge on any atom is -0.393 e. The summed E-state index contributed by atoms with van der Waals surface area (Å²) < 4.78 is 76.0. The van der Waals surface area contributed by atoms with Crippen LogP contribution in [0.5, 0.6) is 0 Å². The van der Waals surface area contributed by atoms with Gasteiger partial charge in [0.15, 0.2) is 0 Å². The standard InChI is InChI=1S/C19H21ClFNO2.C19H20FNO2.C19H22FNO.C17H20FNO.C17H18FN.C2H2Cl2O/c20-13-19(24)22(14-16-4-2-1-3-5-16)11-10-18(23)12-15-6-8-17(21)9-7-15;20-17-8-6-15(7-9-17)12-18-10-11-21(19(22)14-23-18)13-16-4-2-1-3-5-16;20-18-8-6-16(7-9-18)14-19-10-11-21(12-13-22-19)15-17-4-2-1-3-5-17;18-16-8-6-14(7-9-16)12-17(20)10-11-19-13-15-4-2-1-3-5-15;18-17-11-9-15(10-12-17)6-4-5-13-19-14-16-7-2-1-3-8-16;3-1-2(4)5/h1-9,18,23H,10-14H2;1-9,18H,10-14H2;1-9,19H,10-15H2;1-9,17,19-20H,10-13H2;1-4,6-12,19H,5,13-14H2;1H2/b;;;;6-4+;. The number of benzene rings is 10. The van der Waals surface area contributed by atoms with Crippen molar-refractivity contribution < 1.29 is 56.0 Å². The number of halogens is 8. The van der Waals surface area contributed by atoms with Crippen molar-refractivity contribution in [2.24, 2.45) is 0 Å². The summed E-state index contributed by atoms with van der Waals surface area (Å²) in [5, 5.41) is 26.3. The Morgan fingerprint density at radius 1 is 0.469 bits per heavy atom. The molecule has 2 amide bonds. The van der Waals surface area contributed by atoms with Crippen LogP contribution in [0.4, 0.5) is 22.0 Å². The molecule has 2 heterocycles. The maximum atomic E-state index is 13.0. The van der Waals surface area contributed by atoms with Crippen molar-refractivity contribution in [3.63, 3.8) is 0 Å². The Labute approximate surface area is 678 Å². The first-order valence-corrected chi connectivity index (χ1v) is 39.6. The monoisotopic (exact) mass is 1600 g/mol. The predicted octanol–water partition coefficient (Wildman–Crippen LogP) is 18.2. The van der Waals surface area contributed by atoms with Gasteiger partial charge in [0, 0.05) is 58.9 Å². The van der Waals surface area contributed by atoms with Gasteiger partial charge in [-0.25, -0.2) is 22.0 Å². The zero-order valence-corrected chi connectivity index (χ0v) is 66.0. The molecular weight excluding hydrogens is 1500 g/mol. The summed E-state index contributed by atoms with van der Waals surface area (Å²) in [4.78, 5) is 39.6. The van der Waals surface area contributed by atoms with Crippen LogP contribution in [-0.4, -0.2) is 131 Å². The highest BCUT2D eigenvalue weighted by Crippen LogP contribution is 2.20. The molecule has 0 spiro atoms. The molecule has 20 heteroatoms. The lowest BCUT2D eigenvalue weighted by molar-refractivity contribution is -0.135. The van der Waals surface area contributed by atoms with Crippen molar-refractivity contribution in [1.29, 1.82) is 0 Å². The minimum atomic E-state index is -0.600. The van der Waals surface area contributed by atoms with E-state index >= 15 is 0 Å². The van der Waals surface area contributed by atoms with Crippen molar-refractivity contribution in [2.45, 2.75) is 115 Å². The van der Waals surface area contributed by atoms with E-state index in [0.29, 0.717) is 58.3 Å². The van der Waals surface area contributed by atoms with E-state index in [-0.39, 0.29) is 71.5 Å². The predicted molar refractivity (Wildman–Crippen MR) is 444 cm³/mol. The van der Waals surface area contributed by atoms with Crippen molar-refractivity contribution in [1.82, 2.24) is 25.3 Å². The molecule has 0 radical (unpaired) electrons. The lowest BCUT2D eigenvalue weighted by Gasteiger charge is -2.23. The topological polar surface area (TPSA) is 144 Å². The fourth-order valence-electron chi connectivity index (χ4n) is 12.1. The van der Waals surface area contributed by atoms with Crippen LogP contribution in [0.2, 0.25) is 0 Å². The summed E-state index contributed by atoms with van der Waals surface area (Å²) in [7, 11) is 0. The molecule has 12 rings (SSSR count). The maximum absolute atomic E-state index is 13.0. The molecule has 2 fully saturated rings. The molecule has 2 saturated heterocycles. The van der Waals surface area contributed by atoms with Crippen molar-refractivity contribution in [3.05, 3.63) is 364 Å². The lowest BCUT2D eigenvalue weighted by Crippen LogP contribution is -2.34. The van der Waals surface area contributed by atoms with Gasteiger partial charge in [0.05, 0.1) is 36.9 Å². The van der Waals surface area contributed by atoms with Gasteiger partial charge in [-0.3, -0.25) is 19.3 Å². The van der Waals surface area contributed by atoms with Gasteiger partial charge < -0.3 is 40.1 Å². The molecule has 12 nitrogen and oxygen atoms in total. The molecular formula is C93H103Cl3F5N5O7. The molecule has 0 saturated carbocycles. The number of carbonyl (C=O) groups excluding carboxylic acids is 3. The van der Waals surface area contributed by atoms with E-state index in [1.165, 1.54) is 77.4 Å². The molecule has 0 aromatic heterocycles. The van der Waals surface area contributed by atoms with Crippen molar-refractivity contribution in [2.75, 3.05) is 64.2 Å². The highest BCUT2D eigenvalue weighted by Gasteiger charge is 2.24. The van der Waals surface area contributed by atoms with Crippen LogP contribution >= 0.6 is 34.8 Å². The molecule has 4 atom stereocenters. The van der Waals surface area contributed by atoms with Crippen LogP contribution in [-0.2, 0) is 82.3 Å². The number of ether oxygens (including phenoxy) is 2. The number of carbonyl (C=O) groups is 3. The maximum Gasteiger partial charge on any atom is 0.248 e. The molecule has 2 aliphatic heterocycles. The molecule has 4 unspecified atom stereocenters. The SMILES string of the molecule is Fc1ccc(/C=C/CCNCc2ccccc2)cc1.Fc1ccc(CC2CCN(Cc3ccccc3)CCO2)cc1.O=C(CCl)N(CCC(O)Cc1ccc(F)cc1)Cc1ccccc1.O=C(Cl)CCl.O=C1COC(Cc2ccc(F)cc2)CCN1Cc1ccccc1.OC(CCNCc1ccccc1)Cc1ccc(F)cc1. The fourth-order valence-corrected chi connectivity index (χ4v) is 12.3. The molecule has 0 aliphatic carbocycles. The summed E-state index contributed by atoms with van der Waals surface area (Å²) in [5.74, 6) is -1.46. The normalized spacial score (nSPS) is 14.6. The molecule has 2 aliphatic rings. The van der Waals surface area contributed by atoms with Crippen LogP contribution < -0.4 is 10.6 Å². The average Bonchev–Trinajstić information content (AvgIpc) is 1.80. The summed E-state index contributed by atoms with van der Waals surface area (Å²) in [6.07, 6.45) is 9.78. The van der Waals surface area contributed by atoms with Gasteiger partial charge >= 0.3 is 0 Å². The first-order chi connectivity index (χ1) is 54.9. The van der Waals surface area contributed by atoms with Crippen LogP contribution in [0.25, 0.3) is 6.08 Å². The van der Waals surface area contributed by atoms with Crippen LogP contribution in [0.1, 0.15) is 87.7 Å². The third-order valence-corrected chi connectivity index (χ3v) is 19.0. The zero-order valence-electron chi connectivity index (χ0n) is 63.7. The van der Waals surface area contributed by atoms with E-state index in [0.717, 1.165) is 117 Å². The van der Waals surface area contributed by atoms with Gasteiger partial charge in [-0.1, -0.05) is 224 Å². The van der Waals surface area contributed by atoms with Crippen molar-refractivity contribution >= 4 is 57.9 Å². The Kier molecular flexibility index (Phi) is 43.3. The van der Waals surface area contributed by atoms with E-state index in [1.54, 1.807) is 53.4 Å². The van der Waals surface area contributed by atoms with Gasteiger partial charge in [0.25, 0.3) is 0 Å². The number of aliphatic hydroxyl groups excluding tert-OH is 2. The van der Waals surface area contributed by atoms with Crippen molar-refractivity contribution in [3.8, 4) is 0 Å². The summed E-state index contributed by atoms with van der Waals surface area (Å²) in [6, 6.07) is 82.8. The number of aliphatic hydroxyl groups is 2. The van der Waals surface area contributed by atoms with E-state index in [9.17, 15) is 46.5 Å². The quantitative estimate of drug-likeness (QED) is 0.0149. The molecule has 10 aromatic carbocycles. The number of amides is 2. The minimum absolute atomic E-state index is 0.00909. The molecule has 4 N–H and O–H groups in total. The summed E-state index contributed by atoms with van der Waals surface area (Å²) >= 11 is 15.2. The zero-order chi connectivity index (χ0) is 80.5. The van der Waals surface area contributed by atoms with Gasteiger partial charge in [-0.05, 0) is 199 Å². The Morgan fingerprint density at radius 2 is 0.867 bits per heavy atom. The molecule has 0 bridgehead atoms. The Hall–Kier alpha value is -9.21. The van der Waals surface area contributed by atoms with Crippen LogP contribution in [0.15, 0.2) is 279 Å². The fraction of sp³-hybridized carbons (Fsp3) is 0.301. The van der Waals surface area contributed by atoms with E-state index in [4.69, 9.17) is 44.3 Å².